The second kappa shape index (κ2) is 4.52. The van der Waals surface area contributed by atoms with Gasteiger partial charge >= 0.3 is 0 Å². The Kier molecular flexibility index (Phi) is 3.20. The SMILES string of the molecule is COc1nccc(C2=CC(=O)CC(C)(C)C2)c1F. The van der Waals surface area contributed by atoms with E-state index in [9.17, 15) is 9.18 Å². The molecule has 1 aliphatic carbocycles. The normalized spacial score (nSPS) is 18.4. The van der Waals surface area contributed by atoms with Crippen LogP contribution in [0, 0.1) is 11.2 Å². The number of hydrogen-bond donors (Lipinski definition) is 0. The number of aromatic nitrogens is 1. The largest absolute Gasteiger partial charge is 0.479 e. The Bertz CT molecular complexity index is 521. The standard InChI is InChI=1S/C14H16FNO2/c1-14(2)7-9(6-10(17)8-14)11-4-5-16-13(18-3)12(11)15/h4-6H,7-8H2,1-3H3. The number of ketones is 1. The van der Waals surface area contributed by atoms with Gasteiger partial charge in [0, 0.05) is 18.2 Å². The maximum absolute atomic E-state index is 14.1. The Morgan fingerprint density at radius 2 is 2.11 bits per heavy atom. The van der Waals surface area contributed by atoms with Gasteiger partial charge in [-0.25, -0.2) is 9.37 Å². The van der Waals surface area contributed by atoms with Gasteiger partial charge in [-0.1, -0.05) is 13.8 Å². The van der Waals surface area contributed by atoms with Crippen molar-refractivity contribution in [3.05, 3.63) is 29.7 Å². The van der Waals surface area contributed by atoms with Gasteiger partial charge < -0.3 is 4.74 Å². The third-order valence-corrected chi connectivity index (χ3v) is 3.05. The highest BCUT2D eigenvalue weighted by molar-refractivity contribution is 5.99. The minimum atomic E-state index is -0.503. The molecule has 0 amide bonds. The Morgan fingerprint density at radius 3 is 2.72 bits per heavy atom. The zero-order valence-electron chi connectivity index (χ0n) is 10.8. The van der Waals surface area contributed by atoms with Gasteiger partial charge in [-0.15, -0.1) is 0 Å². The molecule has 1 aromatic rings. The summed E-state index contributed by atoms with van der Waals surface area (Å²) in [6.45, 7) is 4.02. The molecule has 0 atom stereocenters. The molecule has 4 heteroatoms. The number of pyridine rings is 1. The zero-order valence-corrected chi connectivity index (χ0v) is 10.8. The third kappa shape index (κ3) is 2.42. The van der Waals surface area contributed by atoms with E-state index in [1.165, 1.54) is 19.4 Å². The van der Waals surface area contributed by atoms with E-state index in [1.54, 1.807) is 6.07 Å². The summed E-state index contributed by atoms with van der Waals surface area (Å²) < 4.78 is 19.0. The van der Waals surface area contributed by atoms with Crippen molar-refractivity contribution in [2.24, 2.45) is 5.41 Å². The second-order valence-corrected chi connectivity index (χ2v) is 5.34. The molecule has 0 fully saturated rings. The van der Waals surface area contributed by atoms with Crippen LogP contribution in [0.2, 0.25) is 0 Å². The number of rotatable bonds is 2. The van der Waals surface area contributed by atoms with Gasteiger partial charge in [0.2, 0.25) is 0 Å². The summed E-state index contributed by atoms with van der Waals surface area (Å²) in [6.07, 6.45) is 4.19. The van der Waals surface area contributed by atoms with Gasteiger partial charge in [0.05, 0.1) is 7.11 Å². The van der Waals surface area contributed by atoms with Crippen LogP contribution in [0.1, 0.15) is 32.3 Å². The van der Waals surface area contributed by atoms with Crippen LogP contribution in [-0.2, 0) is 4.79 Å². The van der Waals surface area contributed by atoms with Gasteiger partial charge in [-0.05, 0) is 29.6 Å². The van der Waals surface area contributed by atoms with E-state index in [-0.39, 0.29) is 17.1 Å². The molecule has 1 aliphatic rings. The molecule has 0 radical (unpaired) electrons. The first kappa shape index (κ1) is 12.7. The van der Waals surface area contributed by atoms with E-state index >= 15 is 0 Å². The molecule has 1 heterocycles. The number of carbonyl (C=O) groups is 1. The molecule has 0 saturated carbocycles. The Hall–Kier alpha value is -1.71. The molecular formula is C14H16FNO2. The molecule has 0 unspecified atom stereocenters. The van der Waals surface area contributed by atoms with Crippen LogP contribution in [-0.4, -0.2) is 17.9 Å². The number of nitrogens with zero attached hydrogens (tertiary/aromatic N) is 1. The molecule has 2 rings (SSSR count). The molecule has 0 saturated heterocycles. The highest BCUT2D eigenvalue weighted by atomic mass is 19.1. The summed E-state index contributed by atoms with van der Waals surface area (Å²) in [4.78, 5) is 15.5. The van der Waals surface area contributed by atoms with Crippen molar-refractivity contribution in [2.45, 2.75) is 26.7 Å². The first-order valence-corrected chi connectivity index (χ1v) is 5.85. The average Bonchev–Trinajstić information content (AvgIpc) is 2.26. The first-order valence-electron chi connectivity index (χ1n) is 5.85. The van der Waals surface area contributed by atoms with E-state index in [0.29, 0.717) is 18.4 Å². The van der Waals surface area contributed by atoms with Crippen molar-refractivity contribution < 1.29 is 13.9 Å². The minimum absolute atomic E-state index is 0.0378. The Balaban J connectivity index is 2.46. The quantitative estimate of drug-likeness (QED) is 0.808. The van der Waals surface area contributed by atoms with Crippen LogP contribution in [0.3, 0.4) is 0 Å². The molecule has 0 spiro atoms. The van der Waals surface area contributed by atoms with Gasteiger partial charge in [-0.2, -0.15) is 0 Å². The van der Waals surface area contributed by atoms with Crippen LogP contribution in [0.15, 0.2) is 18.3 Å². The molecule has 3 nitrogen and oxygen atoms in total. The summed E-state index contributed by atoms with van der Waals surface area (Å²) >= 11 is 0. The third-order valence-electron chi connectivity index (χ3n) is 3.05. The molecule has 18 heavy (non-hydrogen) atoms. The van der Waals surface area contributed by atoms with E-state index in [4.69, 9.17) is 4.74 Å². The fourth-order valence-corrected chi connectivity index (χ4v) is 2.33. The minimum Gasteiger partial charge on any atom is -0.479 e. The molecule has 0 N–H and O–H groups in total. The molecule has 96 valence electrons. The monoisotopic (exact) mass is 249 g/mol. The fourth-order valence-electron chi connectivity index (χ4n) is 2.33. The number of carbonyl (C=O) groups excluding carboxylic acids is 1. The van der Waals surface area contributed by atoms with Gasteiger partial charge in [0.1, 0.15) is 0 Å². The zero-order chi connectivity index (χ0) is 13.3. The smallest absolute Gasteiger partial charge is 0.250 e. The fraction of sp³-hybridized carbons (Fsp3) is 0.429. The number of ether oxygens (including phenoxy) is 1. The lowest BCUT2D eigenvalue weighted by Gasteiger charge is -2.29. The lowest BCUT2D eigenvalue weighted by molar-refractivity contribution is -0.116. The van der Waals surface area contributed by atoms with Gasteiger partial charge in [0.25, 0.3) is 5.88 Å². The van der Waals surface area contributed by atoms with Crippen LogP contribution in [0.4, 0.5) is 4.39 Å². The van der Waals surface area contributed by atoms with Crippen molar-refractivity contribution in [3.63, 3.8) is 0 Å². The summed E-state index contributed by atoms with van der Waals surface area (Å²) in [5, 5.41) is 0. The number of hydrogen-bond acceptors (Lipinski definition) is 3. The van der Waals surface area contributed by atoms with Crippen LogP contribution >= 0.6 is 0 Å². The predicted molar refractivity (Wildman–Crippen MR) is 66.7 cm³/mol. The van der Waals surface area contributed by atoms with E-state index in [0.717, 1.165) is 5.57 Å². The van der Waals surface area contributed by atoms with Crippen molar-refractivity contribution in [3.8, 4) is 5.88 Å². The van der Waals surface area contributed by atoms with E-state index < -0.39 is 5.82 Å². The highest BCUT2D eigenvalue weighted by Gasteiger charge is 2.29. The summed E-state index contributed by atoms with van der Waals surface area (Å²) in [5.41, 5.74) is 0.988. The van der Waals surface area contributed by atoms with Crippen molar-refractivity contribution in [2.75, 3.05) is 7.11 Å². The highest BCUT2D eigenvalue weighted by Crippen LogP contribution is 2.39. The number of methoxy groups -OCH3 is 1. The Labute approximate surface area is 106 Å². The second-order valence-electron chi connectivity index (χ2n) is 5.34. The first-order chi connectivity index (χ1) is 8.43. The summed E-state index contributed by atoms with van der Waals surface area (Å²) in [7, 11) is 1.37. The van der Waals surface area contributed by atoms with Crippen molar-refractivity contribution in [1.29, 1.82) is 0 Å². The predicted octanol–water partition coefficient (Wildman–Crippen LogP) is 3.00. The van der Waals surface area contributed by atoms with E-state index in [2.05, 4.69) is 4.98 Å². The number of halogens is 1. The molecule has 0 aromatic carbocycles. The maximum atomic E-state index is 14.1. The van der Waals surface area contributed by atoms with Crippen LogP contribution < -0.4 is 4.74 Å². The van der Waals surface area contributed by atoms with Gasteiger partial charge in [0.15, 0.2) is 11.6 Å². The van der Waals surface area contributed by atoms with Crippen LogP contribution in [0.5, 0.6) is 5.88 Å². The Morgan fingerprint density at radius 1 is 1.39 bits per heavy atom. The van der Waals surface area contributed by atoms with Crippen molar-refractivity contribution in [1.82, 2.24) is 4.98 Å². The molecule has 0 aliphatic heterocycles. The molecule has 0 bridgehead atoms. The van der Waals surface area contributed by atoms with Gasteiger partial charge in [-0.3, -0.25) is 4.79 Å². The maximum Gasteiger partial charge on any atom is 0.250 e. The average molecular weight is 249 g/mol. The van der Waals surface area contributed by atoms with Crippen LogP contribution in [0.25, 0.3) is 5.57 Å². The van der Waals surface area contributed by atoms with E-state index in [1.807, 2.05) is 13.8 Å². The lowest BCUT2D eigenvalue weighted by Crippen LogP contribution is -2.21. The van der Waals surface area contributed by atoms with Crippen molar-refractivity contribution >= 4 is 11.4 Å². The topological polar surface area (TPSA) is 39.2 Å². The summed E-state index contributed by atoms with van der Waals surface area (Å²) in [5.74, 6) is -0.502. The summed E-state index contributed by atoms with van der Waals surface area (Å²) in [6, 6.07) is 1.58. The molecular weight excluding hydrogens is 233 g/mol. The lowest BCUT2D eigenvalue weighted by atomic mass is 9.75. The molecule has 1 aromatic heterocycles. The number of allylic oxidation sites excluding steroid dienone is 2.